The van der Waals surface area contributed by atoms with Crippen LogP contribution in [0.1, 0.15) is 37.2 Å². The summed E-state index contributed by atoms with van der Waals surface area (Å²) in [5.41, 5.74) is 0.727. The van der Waals surface area contributed by atoms with Crippen LogP contribution in [-0.2, 0) is 14.2 Å². The van der Waals surface area contributed by atoms with Crippen molar-refractivity contribution in [3.05, 3.63) is 33.2 Å². The third-order valence-electron chi connectivity index (χ3n) is 4.33. The molecule has 0 saturated carbocycles. The van der Waals surface area contributed by atoms with E-state index in [2.05, 4.69) is 0 Å². The van der Waals surface area contributed by atoms with Crippen LogP contribution < -0.4 is 0 Å². The molecule has 1 aromatic heterocycles. The number of carbonyl (C=O) groups is 3. The minimum absolute atomic E-state index is 0.0884. The second-order valence-corrected chi connectivity index (χ2v) is 6.59. The van der Waals surface area contributed by atoms with Crippen molar-refractivity contribution in [2.24, 2.45) is 0 Å². The van der Waals surface area contributed by atoms with Crippen LogP contribution in [0.3, 0.4) is 0 Å². The van der Waals surface area contributed by atoms with Crippen molar-refractivity contribution in [3.8, 4) is 0 Å². The first-order valence-electron chi connectivity index (χ1n) is 7.34. The van der Waals surface area contributed by atoms with Crippen molar-refractivity contribution in [2.75, 3.05) is 27.9 Å². The highest BCUT2D eigenvalue weighted by atomic mass is 32.1. The maximum absolute atomic E-state index is 12.5. The van der Waals surface area contributed by atoms with Gasteiger partial charge in [-0.15, -0.1) is 11.3 Å². The fourth-order valence-electron chi connectivity index (χ4n) is 3.18. The molecule has 7 nitrogen and oxygen atoms in total. The van der Waals surface area contributed by atoms with E-state index in [4.69, 9.17) is 14.2 Å². The highest BCUT2D eigenvalue weighted by molar-refractivity contribution is 7.16. The van der Waals surface area contributed by atoms with Gasteiger partial charge < -0.3 is 14.2 Å². The van der Waals surface area contributed by atoms with Crippen molar-refractivity contribution in [3.63, 3.8) is 0 Å². The lowest BCUT2D eigenvalue weighted by atomic mass is 9.79. The molecule has 0 bridgehead atoms. The van der Waals surface area contributed by atoms with Gasteiger partial charge in [0.1, 0.15) is 10.6 Å². The molecular formula is C16H17NO6S. The summed E-state index contributed by atoms with van der Waals surface area (Å²) < 4.78 is 14.9. The van der Waals surface area contributed by atoms with Gasteiger partial charge in [-0.05, 0) is 17.7 Å². The van der Waals surface area contributed by atoms with Gasteiger partial charge in [0.25, 0.3) is 0 Å². The Hall–Kier alpha value is -2.35. The second-order valence-electron chi connectivity index (χ2n) is 5.54. The number of nitrogens with zero attached hydrogens (tertiary/aromatic N) is 1. The van der Waals surface area contributed by atoms with Crippen molar-refractivity contribution < 1.29 is 28.6 Å². The summed E-state index contributed by atoms with van der Waals surface area (Å²) in [7, 11) is 4.14. The van der Waals surface area contributed by atoms with E-state index in [0.717, 1.165) is 16.9 Å². The van der Waals surface area contributed by atoms with Crippen LogP contribution in [0.5, 0.6) is 0 Å². The molecule has 0 unspecified atom stereocenters. The van der Waals surface area contributed by atoms with E-state index in [1.54, 1.807) is 6.07 Å². The van der Waals surface area contributed by atoms with Crippen LogP contribution in [0.15, 0.2) is 17.9 Å². The molecule has 1 aromatic rings. The van der Waals surface area contributed by atoms with Crippen LogP contribution in [0, 0.1) is 0 Å². The van der Waals surface area contributed by atoms with Gasteiger partial charge in [0.05, 0.1) is 38.8 Å². The monoisotopic (exact) mass is 351 g/mol. The number of fused-ring (bicyclic) bond motifs is 3. The molecule has 0 fully saturated rings. The van der Waals surface area contributed by atoms with Crippen molar-refractivity contribution in [1.29, 1.82) is 0 Å². The molecule has 0 radical (unpaired) electrons. The molecule has 2 aliphatic rings. The normalized spacial score (nSPS) is 22.2. The lowest BCUT2D eigenvalue weighted by Gasteiger charge is -2.40. The number of carbonyl (C=O) groups excluding carboxylic acids is 3. The van der Waals surface area contributed by atoms with Gasteiger partial charge in [0.15, 0.2) is 5.78 Å². The average molecular weight is 351 g/mol. The first kappa shape index (κ1) is 16.5. The number of methoxy groups -OCH3 is 3. The summed E-state index contributed by atoms with van der Waals surface area (Å²) in [6.45, 7) is 0.251. The molecule has 0 aromatic carbocycles. The van der Waals surface area contributed by atoms with E-state index in [9.17, 15) is 14.4 Å². The molecule has 0 saturated heterocycles. The smallest absolute Gasteiger partial charge is 0.410 e. The molecule has 2 atom stereocenters. The minimum atomic E-state index is -0.507. The molecule has 128 valence electrons. The van der Waals surface area contributed by atoms with E-state index in [0.29, 0.717) is 15.5 Å². The molecule has 0 spiro atoms. The number of esters is 1. The lowest BCUT2D eigenvalue weighted by molar-refractivity contribution is 0.0604. The third kappa shape index (κ3) is 2.56. The van der Waals surface area contributed by atoms with Crippen LogP contribution >= 0.6 is 11.3 Å². The Morgan fingerprint density at radius 3 is 2.62 bits per heavy atom. The molecule has 1 aliphatic carbocycles. The van der Waals surface area contributed by atoms with Crippen molar-refractivity contribution in [2.45, 2.75) is 18.4 Å². The SMILES string of the molecule is COC(=O)c1cc2c(s1)C(=O)C[C@H]1[C@@H]2C=C(OC)CN1C(=O)OC. The van der Waals surface area contributed by atoms with E-state index in [1.165, 1.54) is 26.2 Å². The quantitative estimate of drug-likeness (QED) is 0.760. The zero-order chi connectivity index (χ0) is 17.4. The van der Waals surface area contributed by atoms with Crippen LogP contribution in [0.25, 0.3) is 0 Å². The Kier molecular flexibility index (Phi) is 4.31. The second kappa shape index (κ2) is 6.27. The molecule has 8 heteroatoms. The predicted octanol–water partition coefficient (Wildman–Crippen LogP) is 2.19. The van der Waals surface area contributed by atoms with Crippen LogP contribution in [0.2, 0.25) is 0 Å². The standard InChI is InChI=1S/C16H17NO6S/c1-21-8-4-9-10-5-13(15(19)22-2)24-14(10)12(18)6-11(9)17(7-8)16(20)23-3/h4-5,9,11H,6-7H2,1-3H3/t9-,11+/m1/s1. The third-order valence-corrected chi connectivity index (χ3v) is 5.50. The highest BCUT2D eigenvalue weighted by Gasteiger charge is 2.43. The first-order valence-corrected chi connectivity index (χ1v) is 8.16. The van der Waals surface area contributed by atoms with Gasteiger partial charge >= 0.3 is 12.1 Å². The van der Waals surface area contributed by atoms with Crippen molar-refractivity contribution in [1.82, 2.24) is 4.90 Å². The summed E-state index contributed by atoms with van der Waals surface area (Å²) in [5.74, 6) is -0.173. The number of Topliss-reactive ketones (excluding diaryl/α,β-unsaturated/α-hetero) is 1. The zero-order valence-corrected chi connectivity index (χ0v) is 14.3. The van der Waals surface area contributed by atoms with E-state index in [-0.39, 0.29) is 30.7 Å². The van der Waals surface area contributed by atoms with E-state index in [1.807, 2.05) is 6.08 Å². The molecule has 1 amide bonds. The number of ketones is 1. The molecule has 0 N–H and O–H groups in total. The minimum Gasteiger partial charge on any atom is -0.500 e. The maximum atomic E-state index is 12.5. The van der Waals surface area contributed by atoms with Gasteiger partial charge in [-0.25, -0.2) is 9.59 Å². The van der Waals surface area contributed by atoms with Gasteiger partial charge in [-0.3, -0.25) is 9.69 Å². The highest BCUT2D eigenvalue weighted by Crippen LogP contribution is 2.43. The Bertz CT molecular complexity index is 737. The fourth-order valence-corrected chi connectivity index (χ4v) is 4.26. The largest absolute Gasteiger partial charge is 0.500 e. The summed E-state index contributed by atoms with van der Waals surface area (Å²) in [6, 6.07) is 1.32. The van der Waals surface area contributed by atoms with Gasteiger partial charge in [0, 0.05) is 12.3 Å². The number of thiophene rings is 1. The summed E-state index contributed by atoms with van der Waals surface area (Å²) in [4.78, 5) is 38.8. The fraction of sp³-hybridized carbons (Fsp3) is 0.438. The Morgan fingerprint density at radius 2 is 2.00 bits per heavy atom. The van der Waals surface area contributed by atoms with Crippen molar-refractivity contribution >= 4 is 29.2 Å². The number of hydrogen-bond donors (Lipinski definition) is 0. The van der Waals surface area contributed by atoms with Crippen LogP contribution in [-0.4, -0.2) is 56.7 Å². The lowest BCUT2D eigenvalue weighted by Crippen LogP contribution is -2.49. The number of amides is 1. The van der Waals surface area contributed by atoms with Gasteiger partial charge in [0.2, 0.25) is 0 Å². The molecule has 3 rings (SSSR count). The van der Waals surface area contributed by atoms with Gasteiger partial charge in [-0.2, -0.15) is 0 Å². The zero-order valence-electron chi connectivity index (χ0n) is 13.5. The number of rotatable bonds is 2. The van der Waals surface area contributed by atoms with Gasteiger partial charge in [-0.1, -0.05) is 0 Å². The Labute approximate surface area is 142 Å². The molecule has 2 heterocycles. The first-order chi connectivity index (χ1) is 11.5. The maximum Gasteiger partial charge on any atom is 0.410 e. The molecule has 1 aliphatic heterocycles. The number of hydrogen-bond acceptors (Lipinski definition) is 7. The predicted molar refractivity (Wildman–Crippen MR) is 85.3 cm³/mol. The number of ether oxygens (including phenoxy) is 3. The Balaban J connectivity index is 2.08. The Morgan fingerprint density at radius 1 is 1.25 bits per heavy atom. The van der Waals surface area contributed by atoms with E-state index >= 15 is 0 Å². The van der Waals surface area contributed by atoms with Crippen LogP contribution in [0.4, 0.5) is 4.79 Å². The molecular weight excluding hydrogens is 334 g/mol. The molecule has 24 heavy (non-hydrogen) atoms. The summed E-state index contributed by atoms with van der Waals surface area (Å²) >= 11 is 1.13. The summed E-state index contributed by atoms with van der Waals surface area (Å²) in [5, 5.41) is 0. The topological polar surface area (TPSA) is 82.1 Å². The van der Waals surface area contributed by atoms with E-state index < -0.39 is 12.1 Å². The average Bonchev–Trinajstić information content (AvgIpc) is 3.06. The summed E-state index contributed by atoms with van der Waals surface area (Å²) in [6.07, 6.45) is 1.58.